The van der Waals surface area contributed by atoms with Crippen LogP contribution < -0.4 is 10.3 Å². The van der Waals surface area contributed by atoms with Crippen LogP contribution in [0.1, 0.15) is 5.56 Å². The third-order valence-electron chi connectivity index (χ3n) is 3.55. The number of rotatable bonds is 4. The molecule has 0 aliphatic heterocycles. The van der Waals surface area contributed by atoms with Gasteiger partial charge in [-0.15, -0.1) is 0 Å². The lowest BCUT2D eigenvalue weighted by Crippen LogP contribution is -2.22. The van der Waals surface area contributed by atoms with Crippen molar-refractivity contribution in [3.05, 3.63) is 80.6 Å². The fourth-order valence-electron chi connectivity index (χ4n) is 2.31. The molecule has 0 bridgehead atoms. The van der Waals surface area contributed by atoms with Crippen LogP contribution in [-0.4, -0.2) is 16.9 Å². The van der Waals surface area contributed by atoms with E-state index >= 15 is 0 Å². The van der Waals surface area contributed by atoms with E-state index in [0.29, 0.717) is 22.3 Å². The number of benzene rings is 2. The molecule has 0 saturated heterocycles. The van der Waals surface area contributed by atoms with Crippen LogP contribution in [0, 0.1) is 0 Å². The van der Waals surface area contributed by atoms with E-state index in [-0.39, 0.29) is 5.56 Å². The number of ether oxygens (including phenoxy) is 1. The van der Waals surface area contributed by atoms with Crippen LogP contribution in [0.15, 0.2) is 59.4 Å². The summed E-state index contributed by atoms with van der Waals surface area (Å²) in [6.07, 6.45) is 0. The van der Waals surface area contributed by atoms with E-state index in [9.17, 15) is 4.79 Å². The van der Waals surface area contributed by atoms with E-state index in [4.69, 9.17) is 27.9 Å². The van der Waals surface area contributed by atoms with E-state index < -0.39 is 0 Å². The molecule has 0 atom stereocenters. The number of hydrogen-bond acceptors (Lipinski definition) is 3. The molecule has 4 nitrogen and oxygen atoms in total. The Morgan fingerprint density at radius 3 is 2.62 bits per heavy atom. The molecule has 6 heteroatoms. The molecule has 1 aromatic heterocycles. The zero-order valence-electron chi connectivity index (χ0n) is 12.9. The van der Waals surface area contributed by atoms with Crippen LogP contribution >= 0.6 is 23.2 Å². The average Bonchev–Trinajstić information content (AvgIpc) is 2.60. The van der Waals surface area contributed by atoms with Crippen molar-refractivity contribution in [1.29, 1.82) is 0 Å². The molecular weight excluding hydrogens is 347 g/mol. The van der Waals surface area contributed by atoms with Crippen molar-refractivity contribution in [1.82, 2.24) is 9.78 Å². The Morgan fingerprint density at radius 1 is 1.04 bits per heavy atom. The molecule has 122 valence electrons. The van der Waals surface area contributed by atoms with Gasteiger partial charge in [-0.1, -0.05) is 41.4 Å². The summed E-state index contributed by atoms with van der Waals surface area (Å²) < 4.78 is 6.62. The summed E-state index contributed by atoms with van der Waals surface area (Å²) in [6, 6.07) is 16.0. The molecule has 3 aromatic rings. The largest absolute Gasteiger partial charge is 0.497 e. The topological polar surface area (TPSA) is 44.1 Å². The average molecular weight is 361 g/mol. The molecule has 3 rings (SSSR count). The van der Waals surface area contributed by atoms with Gasteiger partial charge in [-0.25, -0.2) is 4.68 Å². The van der Waals surface area contributed by atoms with Crippen LogP contribution in [0.3, 0.4) is 0 Å². The fourth-order valence-corrected chi connectivity index (χ4v) is 2.63. The Hall–Kier alpha value is -2.30. The van der Waals surface area contributed by atoms with E-state index in [1.165, 1.54) is 10.7 Å². The van der Waals surface area contributed by atoms with Gasteiger partial charge in [0.25, 0.3) is 5.56 Å². The van der Waals surface area contributed by atoms with Gasteiger partial charge in [-0.05, 0) is 35.9 Å². The SMILES string of the molecule is COc1cccc(-c2ccc(=O)n(Cc3ccc(Cl)c(Cl)c3)n2)c1. The maximum atomic E-state index is 12.1. The summed E-state index contributed by atoms with van der Waals surface area (Å²) in [7, 11) is 1.61. The van der Waals surface area contributed by atoms with Crippen molar-refractivity contribution < 1.29 is 4.74 Å². The van der Waals surface area contributed by atoms with E-state index in [2.05, 4.69) is 5.10 Å². The quantitative estimate of drug-likeness (QED) is 0.697. The smallest absolute Gasteiger partial charge is 0.267 e. The maximum absolute atomic E-state index is 12.1. The maximum Gasteiger partial charge on any atom is 0.267 e. The van der Waals surface area contributed by atoms with Gasteiger partial charge in [0.2, 0.25) is 0 Å². The predicted molar refractivity (Wildman–Crippen MR) is 96.0 cm³/mol. The van der Waals surface area contributed by atoms with Gasteiger partial charge in [-0.2, -0.15) is 5.10 Å². The van der Waals surface area contributed by atoms with Crippen molar-refractivity contribution in [3.63, 3.8) is 0 Å². The van der Waals surface area contributed by atoms with Crippen molar-refractivity contribution in [2.24, 2.45) is 0 Å². The van der Waals surface area contributed by atoms with Crippen molar-refractivity contribution in [2.45, 2.75) is 6.54 Å². The van der Waals surface area contributed by atoms with Crippen molar-refractivity contribution >= 4 is 23.2 Å². The molecule has 0 fully saturated rings. The first kappa shape index (κ1) is 16.6. The lowest BCUT2D eigenvalue weighted by molar-refractivity contribution is 0.415. The van der Waals surface area contributed by atoms with Gasteiger partial charge in [0.1, 0.15) is 5.75 Å². The third kappa shape index (κ3) is 3.61. The van der Waals surface area contributed by atoms with Gasteiger partial charge in [0.15, 0.2) is 0 Å². The highest BCUT2D eigenvalue weighted by atomic mass is 35.5. The number of halogens is 2. The van der Waals surface area contributed by atoms with Gasteiger partial charge in [0, 0.05) is 11.6 Å². The Morgan fingerprint density at radius 2 is 1.88 bits per heavy atom. The third-order valence-corrected chi connectivity index (χ3v) is 4.29. The summed E-state index contributed by atoms with van der Waals surface area (Å²) in [4.78, 5) is 12.1. The van der Waals surface area contributed by atoms with Crippen molar-refractivity contribution in [3.8, 4) is 17.0 Å². The molecular formula is C18H14Cl2N2O2. The molecule has 24 heavy (non-hydrogen) atoms. The van der Waals surface area contributed by atoms with Crippen molar-refractivity contribution in [2.75, 3.05) is 7.11 Å². The minimum Gasteiger partial charge on any atom is -0.497 e. The molecule has 0 unspecified atom stereocenters. The molecule has 0 aliphatic carbocycles. The number of nitrogens with zero attached hydrogens (tertiary/aromatic N) is 2. The lowest BCUT2D eigenvalue weighted by atomic mass is 10.1. The summed E-state index contributed by atoms with van der Waals surface area (Å²) in [5.74, 6) is 0.733. The molecule has 1 heterocycles. The molecule has 0 saturated carbocycles. The fraction of sp³-hybridized carbons (Fsp3) is 0.111. The molecule has 0 N–H and O–H groups in total. The second-order valence-electron chi connectivity index (χ2n) is 5.19. The summed E-state index contributed by atoms with van der Waals surface area (Å²) in [5, 5.41) is 5.37. The second kappa shape index (κ2) is 7.07. The van der Waals surface area contributed by atoms with Crippen LogP contribution in [0.25, 0.3) is 11.3 Å². The van der Waals surface area contributed by atoms with Gasteiger partial charge in [-0.3, -0.25) is 4.79 Å². The number of aromatic nitrogens is 2. The molecule has 0 amide bonds. The minimum absolute atomic E-state index is 0.187. The first-order valence-electron chi connectivity index (χ1n) is 7.23. The van der Waals surface area contributed by atoms with E-state index in [1.807, 2.05) is 30.3 Å². The summed E-state index contributed by atoms with van der Waals surface area (Å²) in [6.45, 7) is 0.313. The monoisotopic (exact) mass is 360 g/mol. The minimum atomic E-state index is -0.187. The van der Waals surface area contributed by atoms with E-state index in [0.717, 1.165) is 16.9 Å². The first-order chi connectivity index (χ1) is 11.6. The zero-order chi connectivity index (χ0) is 17.1. The number of methoxy groups -OCH3 is 1. The molecule has 0 aliphatic rings. The molecule has 2 aromatic carbocycles. The van der Waals surface area contributed by atoms with Crippen LogP contribution in [0.4, 0.5) is 0 Å². The highest BCUT2D eigenvalue weighted by Crippen LogP contribution is 2.23. The van der Waals surface area contributed by atoms with Gasteiger partial charge < -0.3 is 4.74 Å². The Kier molecular flexibility index (Phi) is 4.88. The normalized spacial score (nSPS) is 10.6. The lowest BCUT2D eigenvalue weighted by Gasteiger charge is -2.09. The Labute approximate surface area is 149 Å². The highest BCUT2D eigenvalue weighted by Gasteiger charge is 2.07. The zero-order valence-corrected chi connectivity index (χ0v) is 14.4. The van der Waals surface area contributed by atoms with Crippen LogP contribution in [0.2, 0.25) is 10.0 Å². The standard InChI is InChI=1S/C18H14Cl2N2O2/c1-24-14-4-2-3-13(10-14)17-7-8-18(23)22(21-17)11-12-5-6-15(19)16(20)9-12/h2-10H,11H2,1H3. The second-order valence-corrected chi connectivity index (χ2v) is 6.01. The van der Waals surface area contributed by atoms with Crippen LogP contribution in [0.5, 0.6) is 5.75 Å². The number of hydrogen-bond donors (Lipinski definition) is 0. The predicted octanol–water partition coefficient (Wildman–Crippen LogP) is 4.27. The molecule has 0 spiro atoms. The van der Waals surface area contributed by atoms with Gasteiger partial charge in [0.05, 0.1) is 29.4 Å². The Balaban J connectivity index is 1.96. The summed E-state index contributed by atoms with van der Waals surface area (Å²) >= 11 is 11.9. The van der Waals surface area contributed by atoms with Gasteiger partial charge >= 0.3 is 0 Å². The van der Waals surface area contributed by atoms with Crippen LogP contribution in [-0.2, 0) is 6.54 Å². The highest BCUT2D eigenvalue weighted by molar-refractivity contribution is 6.42. The Bertz CT molecular complexity index is 938. The summed E-state index contributed by atoms with van der Waals surface area (Å²) in [5.41, 5.74) is 2.22. The van der Waals surface area contributed by atoms with E-state index in [1.54, 1.807) is 25.3 Å². The first-order valence-corrected chi connectivity index (χ1v) is 7.99. The molecule has 0 radical (unpaired) electrons.